The third kappa shape index (κ3) is 4.98. The van der Waals surface area contributed by atoms with Gasteiger partial charge in [-0.3, -0.25) is 0 Å². The van der Waals surface area contributed by atoms with Gasteiger partial charge in [0.1, 0.15) is 29.5 Å². The normalized spacial score (nSPS) is 31.2. The topological polar surface area (TPSA) is 206 Å². The van der Waals surface area contributed by atoms with Crippen molar-refractivity contribution >= 4 is 11.9 Å². The average Bonchev–Trinajstić information content (AvgIpc) is 2.84. The quantitative estimate of drug-likeness (QED) is 0.156. The lowest BCUT2D eigenvalue weighted by Gasteiger charge is -2.36. The molecule has 9 N–H and O–H groups in total. The number of aliphatic hydroxyl groups is 4. The van der Waals surface area contributed by atoms with Gasteiger partial charge in [-0.2, -0.15) is 0 Å². The van der Waals surface area contributed by atoms with Crippen LogP contribution in [0.25, 0.3) is 0 Å². The van der Waals surface area contributed by atoms with E-state index < -0.39 is 66.2 Å². The predicted molar refractivity (Wildman–Crippen MR) is 96.0 cm³/mol. The number of carboxylic acids is 1. The molecule has 0 saturated carbocycles. The molecule has 11 nitrogen and oxygen atoms in total. The van der Waals surface area contributed by atoms with Crippen molar-refractivity contribution < 1.29 is 44.6 Å². The highest BCUT2D eigenvalue weighted by atomic mass is 16.6. The molecule has 0 aromatic heterocycles. The van der Waals surface area contributed by atoms with Gasteiger partial charge in [0, 0.05) is 6.04 Å². The van der Waals surface area contributed by atoms with Gasteiger partial charge in [-0.1, -0.05) is 0 Å². The zero-order valence-electron chi connectivity index (χ0n) is 16.4. The fourth-order valence-electron chi connectivity index (χ4n) is 3.12. The number of esters is 1. The molecule has 1 heterocycles. The van der Waals surface area contributed by atoms with E-state index in [2.05, 4.69) is 0 Å². The van der Waals surface area contributed by atoms with Gasteiger partial charge >= 0.3 is 11.9 Å². The number of rotatable bonds is 9. The van der Waals surface area contributed by atoms with E-state index >= 15 is 0 Å². The molecule has 0 aromatic rings. The Balaban J connectivity index is 2.83. The lowest BCUT2D eigenvalue weighted by atomic mass is 9.83. The maximum atomic E-state index is 12.2. The summed E-state index contributed by atoms with van der Waals surface area (Å²) in [7, 11) is 0. The zero-order chi connectivity index (χ0) is 21.9. The summed E-state index contributed by atoms with van der Waals surface area (Å²) in [5, 5.41) is 48.4. The number of aliphatic carboxylic acids is 1. The Morgan fingerprint density at radius 3 is 2.21 bits per heavy atom. The van der Waals surface area contributed by atoms with Crippen molar-refractivity contribution in [2.75, 3.05) is 13.2 Å². The Labute approximate surface area is 163 Å². The second-order valence-corrected chi connectivity index (χ2v) is 8.16. The molecule has 0 amide bonds. The van der Waals surface area contributed by atoms with Crippen LogP contribution in [0.1, 0.15) is 40.0 Å². The lowest BCUT2D eigenvalue weighted by molar-refractivity contribution is -0.169. The maximum Gasteiger partial charge on any atom is 0.338 e. The maximum absolute atomic E-state index is 12.2. The standard InChI is InChI=1S/C17H32N2O9/c1-15(2,3)28-14(26)16(19,13(24)25)6-4-5-10(18)17(8-21)12(23)11(22)9(7-20)27-17/h9-12,20-23H,4-8,18-19H2,1-3H3,(H,24,25)/t9-,10?,11-,12+,16+,17?/m1/s1. The molecular weight excluding hydrogens is 376 g/mol. The van der Waals surface area contributed by atoms with Crippen LogP contribution in [-0.4, -0.2) is 91.8 Å². The molecular formula is C17H32N2O9. The van der Waals surface area contributed by atoms with Gasteiger partial charge in [-0.15, -0.1) is 0 Å². The van der Waals surface area contributed by atoms with Crippen LogP contribution < -0.4 is 11.5 Å². The van der Waals surface area contributed by atoms with Crippen LogP contribution in [-0.2, 0) is 19.1 Å². The van der Waals surface area contributed by atoms with Gasteiger partial charge in [0.25, 0.3) is 0 Å². The molecule has 1 fully saturated rings. The highest BCUT2D eigenvalue weighted by Crippen LogP contribution is 2.35. The van der Waals surface area contributed by atoms with E-state index in [9.17, 15) is 35.1 Å². The van der Waals surface area contributed by atoms with Crippen LogP contribution in [0, 0.1) is 0 Å². The second kappa shape index (κ2) is 8.99. The smallest absolute Gasteiger partial charge is 0.338 e. The molecule has 164 valence electrons. The number of nitrogens with two attached hydrogens (primary N) is 2. The van der Waals surface area contributed by atoms with Crippen LogP contribution in [0.5, 0.6) is 0 Å². The molecule has 0 radical (unpaired) electrons. The van der Waals surface area contributed by atoms with Crippen molar-refractivity contribution in [2.45, 2.75) is 81.1 Å². The van der Waals surface area contributed by atoms with Crippen molar-refractivity contribution in [1.29, 1.82) is 0 Å². The van der Waals surface area contributed by atoms with Gasteiger partial charge in [-0.25, -0.2) is 9.59 Å². The van der Waals surface area contributed by atoms with Crippen molar-refractivity contribution in [3.8, 4) is 0 Å². The first-order valence-electron chi connectivity index (χ1n) is 9.02. The molecule has 0 bridgehead atoms. The van der Waals surface area contributed by atoms with E-state index in [1.807, 2.05) is 0 Å². The summed E-state index contributed by atoms with van der Waals surface area (Å²) < 4.78 is 10.5. The molecule has 1 aliphatic heterocycles. The van der Waals surface area contributed by atoms with Crippen LogP contribution in [0.4, 0.5) is 0 Å². The van der Waals surface area contributed by atoms with Crippen LogP contribution in [0.2, 0.25) is 0 Å². The number of ether oxygens (including phenoxy) is 2. The molecule has 11 heteroatoms. The van der Waals surface area contributed by atoms with Crippen molar-refractivity contribution in [3.63, 3.8) is 0 Å². The fraction of sp³-hybridized carbons (Fsp3) is 0.882. The molecule has 1 aliphatic rings. The van der Waals surface area contributed by atoms with E-state index in [1.54, 1.807) is 20.8 Å². The second-order valence-electron chi connectivity index (χ2n) is 8.16. The van der Waals surface area contributed by atoms with Gasteiger partial charge in [0.15, 0.2) is 0 Å². The molecule has 6 atom stereocenters. The molecule has 0 spiro atoms. The monoisotopic (exact) mass is 408 g/mol. The highest BCUT2D eigenvalue weighted by Gasteiger charge is 2.56. The van der Waals surface area contributed by atoms with Crippen molar-refractivity contribution in [1.82, 2.24) is 0 Å². The summed E-state index contributed by atoms with van der Waals surface area (Å²) in [5.41, 5.74) is 6.86. The van der Waals surface area contributed by atoms with Gasteiger partial charge in [0.2, 0.25) is 5.54 Å². The minimum atomic E-state index is -2.29. The van der Waals surface area contributed by atoms with E-state index in [0.717, 1.165) is 0 Å². The highest BCUT2D eigenvalue weighted by molar-refractivity contribution is 6.03. The largest absolute Gasteiger partial charge is 0.479 e. The summed E-state index contributed by atoms with van der Waals surface area (Å²) in [4.78, 5) is 23.8. The van der Waals surface area contributed by atoms with Crippen LogP contribution in [0.15, 0.2) is 0 Å². The summed E-state index contributed by atoms with van der Waals surface area (Å²) in [6.45, 7) is 3.42. The molecule has 1 saturated heterocycles. The number of carbonyl (C=O) groups excluding carboxylic acids is 1. The number of carbonyl (C=O) groups is 2. The third-order valence-electron chi connectivity index (χ3n) is 4.86. The first-order valence-corrected chi connectivity index (χ1v) is 9.02. The third-order valence-corrected chi connectivity index (χ3v) is 4.86. The van der Waals surface area contributed by atoms with E-state index in [1.165, 1.54) is 0 Å². The average molecular weight is 408 g/mol. The number of carboxylic acid groups (broad SMARTS) is 1. The molecule has 28 heavy (non-hydrogen) atoms. The minimum Gasteiger partial charge on any atom is -0.479 e. The van der Waals surface area contributed by atoms with E-state index in [4.69, 9.17) is 20.9 Å². The Bertz CT molecular complexity index is 567. The Morgan fingerprint density at radius 1 is 1.25 bits per heavy atom. The summed E-state index contributed by atoms with van der Waals surface area (Å²) >= 11 is 0. The summed E-state index contributed by atoms with van der Waals surface area (Å²) in [6.07, 6.45) is -4.40. The fourth-order valence-corrected chi connectivity index (χ4v) is 3.12. The van der Waals surface area contributed by atoms with E-state index in [-0.39, 0.29) is 19.3 Å². The van der Waals surface area contributed by atoms with Gasteiger partial charge in [-0.05, 0) is 40.0 Å². The number of aliphatic hydroxyl groups excluding tert-OH is 4. The van der Waals surface area contributed by atoms with Gasteiger partial charge in [0.05, 0.1) is 13.2 Å². The first-order chi connectivity index (χ1) is 12.7. The Morgan fingerprint density at radius 2 is 1.82 bits per heavy atom. The lowest BCUT2D eigenvalue weighted by Crippen LogP contribution is -2.59. The predicted octanol–water partition coefficient (Wildman–Crippen LogP) is -2.55. The Hall–Kier alpha value is -1.34. The van der Waals surface area contributed by atoms with Gasteiger partial charge < -0.3 is 46.5 Å². The van der Waals surface area contributed by atoms with Crippen LogP contribution in [0.3, 0.4) is 0 Å². The molecule has 1 rings (SSSR count). The van der Waals surface area contributed by atoms with Crippen molar-refractivity contribution in [2.24, 2.45) is 11.5 Å². The number of hydrogen-bond donors (Lipinski definition) is 7. The molecule has 2 unspecified atom stereocenters. The minimum absolute atomic E-state index is 0.0114. The molecule has 0 aliphatic carbocycles. The molecule has 0 aromatic carbocycles. The first kappa shape index (κ1) is 24.7. The Kier molecular flexibility index (Phi) is 7.93. The number of hydrogen-bond acceptors (Lipinski definition) is 10. The summed E-state index contributed by atoms with van der Waals surface area (Å²) in [5.74, 6) is -2.65. The van der Waals surface area contributed by atoms with Crippen molar-refractivity contribution in [3.05, 3.63) is 0 Å². The summed E-state index contributed by atoms with van der Waals surface area (Å²) in [6, 6.07) is -1.03. The van der Waals surface area contributed by atoms with Crippen LogP contribution >= 0.6 is 0 Å². The SMILES string of the molecule is CC(C)(C)OC(=O)[C@](N)(CCCC(N)C1(CO)O[C@H](CO)[C@@H](O)[C@@H]1O)C(=O)O. The zero-order valence-corrected chi connectivity index (χ0v) is 16.4. The van der Waals surface area contributed by atoms with E-state index in [0.29, 0.717) is 0 Å².